The molecule has 148 valence electrons. The van der Waals surface area contributed by atoms with Crippen molar-refractivity contribution in [3.63, 3.8) is 0 Å². The lowest BCUT2D eigenvalue weighted by molar-refractivity contribution is -0.144. The smallest absolute Gasteiger partial charge is 0.246 e. The van der Waals surface area contributed by atoms with E-state index in [-0.39, 0.29) is 36.1 Å². The number of carbonyl (C=O) groups excluding carboxylic acids is 2. The molecule has 2 amide bonds. The molecule has 0 saturated carbocycles. The Kier molecular flexibility index (Phi) is 5.75. The summed E-state index contributed by atoms with van der Waals surface area (Å²) in [6.45, 7) is 3.30. The van der Waals surface area contributed by atoms with E-state index >= 15 is 0 Å². The van der Waals surface area contributed by atoms with E-state index in [1.165, 1.54) is 12.1 Å². The van der Waals surface area contributed by atoms with E-state index in [2.05, 4.69) is 6.92 Å². The lowest BCUT2D eigenvalue weighted by Gasteiger charge is -2.35. The number of nitrogens with two attached hydrogens (primary N) is 1. The van der Waals surface area contributed by atoms with Gasteiger partial charge >= 0.3 is 0 Å². The van der Waals surface area contributed by atoms with E-state index in [4.69, 9.17) is 5.73 Å². The van der Waals surface area contributed by atoms with Gasteiger partial charge in [-0.1, -0.05) is 12.1 Å². The number of rotatable bonds is 3. The Morgan fingerprint density at radius 1 is 1.37 bits per heavy atom. The van der Waals surface area contributed by atoms with Crippen LogP contribution in [-0.2, 0) is 14.5 Å². The highest BCUT2D eigenvalue weighted by atomic mass is 35.5. The van der Waals surface area contributed by atoms with E-state index in [0.29, 0.717) is 37.6 Å². The van der Waals surface area contributed by atoms with Gasteiger partial charge < -0.3 is 15.5 Å². The summed E-state index contributed by atoms with van der Waals surface area (Å²) in [5.41, 5.74) is 6.69. The van der Waals surface area contributed by atoms with Crippen LogP contribution in [0.1, 0.15) is 31.7 Å². The number of likely N-dealkylation sites (tertiary alicyclic amines) is 1. The van der Waals surface area contributed by atoms with Crippen molar-refractivity contribution in [2.75, 3.05) is 18.8 Å². The van der Waals surface area contributed by atoms with Crippen LogP contribution < -0.4 is 5.73 Å². The SMILES string of the molecule is CC1CC(CN)CN1C(=O)C1CSC2(c3ccc(F)cc3)CCC(=O)N12.Cl. The van der Waals surface area contributed by atoms with Gasteiger partial charge in [-0.15, -0.1) is 24.2 Å². The molecule has 5 nitrogen and oxygen atoms in total. The highest BCUT2D eigenvalue weighted by Crippen LogP contribution is 2.54. The van der Waals surface area contributed by atoms with Crippen LogP contribution in [0.3, 0.4) is 0 Å². The fourth-order valence-electron chi connectivity index (χ4n) is 4.65. The molecule has 0 aliphatic carbocycles. The van der Waals surface area contributed by atoms with Gasteiger partial charge in [-0.25, -0.2) is 4.39 Å². The zero-order valence-electron chi connectivity index (χ0n) is 15.3. The summed E-state index contributed by atoms with van der Waals surface area (Å²) >= 11 is 1.64. The molecule has 4 unspecified atom stereocenters. The molecule has 27 heavy (non-hydrogen) atoms. The number of fused-ring (bicyclic) bond motifs is 1. The molecule has 3 saturated heterocycles. The number of benzene rings is 1. The second kappa shape index (κ2) is 7.60. The van der Waals surface area contributed by atoms with Gasteiger partial charge in [-0.2, -0.15) is 0 Å². The third kappa shape index (κ3) is 3.23. The van der Waals surface area contributed by atoms with E-state index < -0.39 is 10.9 Å². The van der Waals surface area contributed by atoms with Gasteiger partial charge in [0.25, 0.3) is 0 Å². The van der Waals surface area contributed by atoms with E-state index in [0.717, 1.165) is 12.0 Å². The largest absolute Gasteiger partial charge is 0.338 e. The number of carbonyl (C=O) groups is 2. The first-order chi connectivity index (χ1) is 12.5. The maximum Gasteiger partial charge on any atom is 0.246 e. The first-order valence-electron chi connectivity index (χ1n) is 9.19. The topological polar surface area (TPSA) is 66.6 Å². The average Bonchev–Trinajstić information content (AvgIpc) is 3.29. The molecular formula is C19H25ClFN3O2S. The Balaban J connectivity index is 0.00000210. The Bertz CT molecular complexity index is 734. The average molecular weight is 414 g/mol. The van der Waals surface area contributed by atoms with Crippen molar-refractivity contribution in [2.24, 2.45) is 11.7 Å². The predicted molar refractivity (Wildman–Crippen MR) is 106 cm³/mol. The molecule has 3 aliphatic heterocycles. The number of nitrogens with zero attached hydrogens (tertiary/aromatic N) is 2. The van der Waals surface area contributed by atoms with Crippen LogP contribution in [-0.4, -0.2) is 52.5 Å². The van der Waals surface area contributed by atoms with Crippen molar-refractivity contribution < 1.29 is 14.0 Å². The molecule has 3 fully saturated rings. The van der Waals surface area contributed by atoms with Gasteiger partial charge in [-0.3, -0.25) is 9.59 Å². The van der Waals surface area contributed by atoms with Gasteiger partial charge in [-0.05, 0) is 49.9 Å². The molecule has 1 aromatic rings. The van der Waals surface area contributed by atoms with Crippen LogP contribution in [0.15, 0.2) is 24.3 Å². The molecule has 0 radical (unpaired) electrons. The summed E-state index contributed by atoms with van der Waals surface area (Å²) in [4.78, 5) is 29.1. The fraction of sp³-hybridized carbons (Fsp3) is 0.579. The van der Waals surface area contributed by atoms with Crippen molar-refractivity contribution in [1.29, 1.82) is 0 Å². The van der Waals surface area contributed by atoms with Gasteiger partial charge in [0.05, 0.1) is 0 Å². The Morgan fingerprint density at radius 3 is 2.70 bits per heavy atom. The minimum Gasteiger partial charge on any atom is -0.338 e. The van der Waals surface area contributed by atoms with Crippen molar-refractivity contribution in [1.82, 2.24) is 9.80 Å². The third-order valence-corrected chi connectivity index (χ3v) is 7.58. The number of halogens is 2. The summed E-state index contributed by atoms with van der Waals surface area (Å²) in [7, 11) is 0. The molecule has 0 bridgehead atoms. The summed E-state index contributed by atoms with van der Waals surface area (Å²) in [5, 5.41) is 0. The predicted octanol–water partition coefficient (Wildman–Crippen LogP) is 2.33. The summed E-state index contributed by atoms with van der Waals surface area (Å²) in [6.07, 6.45) is 2.00. The number of thioether (sulfide) groups is 1. The standard InChI is InChI=1S/C19H24FN3O2S.ClH/c1-12-8-13(9-21)10-22(12)18(25)16-11-26-19(7-6-17(24)23(16)19)14-2-4-15(20)5-3-14;/h2-5,12-13,16H,6-11,21H2,1H3;1H. The summed E-state index contributed by atoms with van der Waals surface area (Å²) in [5.74, 6) is 0.660. The summed E-state index contributed by atoms with van der Waals surface area (Å²) in [6, 6.07) is 6.04. The minimum absolute atomic E-state index is 0. The lowest BCUT2D eigenvalue weighted by atomic mass is 10.0. The highest BCUT2D eigenvalue weighted by Gasteiger charge is 2.57. The van der Waals surface area contributed by atoms with Crippen LogP contribution in [0.4, 0.5) is 4.39 Å². The van der Waals surface area contributed by atoms with Crippen molar-refractivity contribution in [3.05, 3.63) is 35.6 Å². The maximum atomic E-state index is 13.4. The molecule has 8 heteroatoms. The number of hydrogen-bond acceptors (Lipinski definition) is 4. The molecule has 0 spiro atoms. The molecule has 4 atom stereocenters. The zero-order valence-corrected chi connectivity index (χ0v) is 16.9. The first kappa shape index (κ1) is 20.4. The van der Waals surface area contributed by atoms with Crippen molar-refractivity contribution in [2.45, 2.75) is 43.1 Å². The molecule has 2 N–H and O–H groups in total. The van der Waals surface area contributed by atoms with Gasteiger partial charge in [0.15, 0.2) is 0 Å². The minimum atomic E-state index is -0.540. The van der Waals surface area contributed by atoms with Gasteiger partial charge in [0.1, 0.15) is 16.7 Å². The third-order valence-electron chi connectivity index (χ3n) is 5.99. The molecule has 0 aromatic heterocycles. The Hall–Kier alpha value is -1.31. The van der Waals surface area contributed by atoms with Crippen molar-refractivity contribution >= 4 is 36.0 Å². The molecular weight excluding hydrogens is 389 g/mol. The molecule has 3 heterocycles. The molecule has 4 rings (SSSR count). The van der Waals surface area contributed by atoms with Crippen LogP contribution in [0.2, 0.25) is 0 Å². The number of amides is 2. The Morgan fingerprint density at radius 2 is 2.07 bits per heavy atom. The van der Waals surface area contributed by atoms with E-state index in [1.54, 1.807) is 28.8 Å². The van der Waals surface area contributed by atoms with E-state index in [1.807, 2.05) is 4.90 Å². The van der Waals surface area contributed by atoms with Crippen LogP contribution in [0.25, 0.3) is 0 Å². The zero-order chi connectivity index (χ0) is 18.5. The van der Waals surface area contributed by atoms with Crippen LogP contribution in [0.5, 0.6) is 0 Å². The van der Waals surface area contributed by atoms with Crippen LogP contribution in [0, 0.1) is 11.7 Å². The summed E-state index contributed by atoms with van der Waals surface area (Å²) < 4.78 is 13.4. The normalized spacial score (nSPS) is 32.6. The van der Waals surface area contributed by atoms with Crippen LogP contribution >= 0.6 is 24.2 Å². The quantitative estimate of drug-likeness (QED) is 0.825. The monoisotopic (exact) mass is 413 g/mol. The highest BCUT2D eigenvalue weighted by molar-refractivity contribution is 8.00. The Labute approximate surface area is 169 Å². The second-order valence-electron chi connectivity index (χ2n) is 7.56. The molecule has 1 aromatic carbocycles. The lowest BCUT2D eigenvalue weighted by Crippen LogP contribution is -2.52. The van der Waals surface area contributed by atoms with E-state index in [9.17, 15) is 14.0 Å². The fourth-order valence-corrected chi connectivity index (χ4v) is 6.29. The maximum absolute atomic E-state index is 13.4. The van der Waals surface area contributed by atoms with Gasteiger partial charge in [0.2, 0.25) is 11.8 Å². The molecule has 3 aliphatic rings. The number of hydrogen-bond donors (Lipinski definition) is 1. The second-order valence-corrected chi connectivity index (χ2v) is 8.86. The van der Waals surface area contributed by atoms with Crippen molar-refractivity contribution in [3.8, 4) is 0 Å². The van der Waals surface area contributed by atoms with Gasteiger partial charge in [0, 0.05) is 24.8 Å². The first-order valence-corrected chi connectivity index (χ1v) is 10.2.